The fourth-order valence-electron chi connectivity index (χ4n) is 6.93. The zero-order valence-electron chi connectivity index (χ0n) is 23.8. The average molecular weight is 552 g/mol. The first kappa shape index (κ1) is 26.0. The Morgan fingerprint density at radius 1 is 1.07 bits per heavy atom. The van der Waals surface area contributed by atoms with Gasteiger partial charge in [-0.1, -0.05) is 19.1 Å². The van der Waals surface area contributed by atoms with E-state index < -0.39 is 5.60 Å². The maximum Gasteiger partial charge on any atom is 0.278 e. The predicted molar refractivity (Wildman–Crippen MR) is 162 cm³/mol. The highest BCUT2D eigenvalue weighted by Gasteiger charge is 2.62. The number of allylic oxidation sites excluding steroid dienone is 1. The van der Waals surface area contributed by atoms with Crippen LogP contribution in [-0.2, 0) is 18.6 Å². The highest BCUT2D eigenvalue weighted by atomic mass is 16.3. The Bertz CT molecular complexity index is 1690. The Kier molecular flexibility index (Phi) is 6.06. The number of aliphatic hydroxyl groups is 1. The number of nitrogens with zero attached hydrogens (tertiary/aromatic N) is 6. The van der Waals surface area contributed by atoms with E-state index in [1.165, 1.54) is 11.3 Å². The smallest absolute Gasteiger partial charge is 0.278 e. The lowest BCUT2D eigenvalue weighted by atomic mass is 9.82. The number of aromatic nitrogens is 4. The summed E-state index contributed by atoms with van der Waals surface area (Å²) < 4.78 is 3.48. The van der Waals surface area contributed by atoms with E-state index >= 15 is 0 Å². The van der Waals surface area contributed by atoms with E-state index in [1.54, 1.807) is 17.0 Å². The third-order valence-electron chi connectivity index (χ3n) is 9.52. The average Bonchev–Trinajstić information content (AvgIpc) is 3.67. The summed E-state index contributed by atoms with van der Waals surface area (Å²) in [7, 11) is 2.16. The normalized spacial score (nSPS) is 21.4. The summed E-state index contributed by atoms with van der Waals surface area (Å²) in [6.07, 6.45) is 6.97. The molecular weight excluding hydrogens is 514 g/mol. The lowest BCUT2D eigenvalue weighted by molar-refractivity contribution is -0.0290. The number of benzene rings is 2. The molecule has 3 aliphatic rings. The number of rotatable bonds is 7. The number of anilines is 3. The van der Waals surface area contributed by atoms with Crippen LogP contribution in [0.1, 0.15) is 37.3 Å². The van der Waals surface area contributed by atoms with Crippen molar-refractivity contribution in [3.63, 3.8) is 0 Å². The van der Waals surface area contributed by atoms with E-state index in [1.807, 2.05) is 22.9 Å². The first-order valence-corrected chi connectivity index (χ1v) is 14.6. The quantitative estimate of drug-likeness (QED) is 0.333. The van der Waals surface area contributed by atoms with E-state index in [-0.39, 0.29) is 11.0 Å². The second-order valence-corrected chi connectivity index (χ2v) is 11.9. The third kappa shape index (κ3) is 4.09. The van der Waals surface area contributed by atoms with Crippen molar-refractivity contribution >= 4 is 28.4 Å². The van der Waals surface area contributed by atoms with Gasteiger partial charge in [0.1, 0.15) is 5.39 Å². The van der Waals surface area contributed by atoms with Gasteiger partial charge in [-0.05, 0) is 80.3 Å². The van der Waals surface area contributed by atoms with E-state index in [4.69, 9.17) is 4.98 Å². The summed E-state index contributed by atoms with van der Waals surface area (Å²) in [4.78, 5) is 27.5. The van der Waals surface area contributed by atoms with Crippen molar-refractivity contribution in [2.45, 2.75) is 44.8 Å². The minimum atomic E-state index is -0.844. The van der Waals surface area contributed by atoms with Gasteiger partial charge in [0.05, 0.1) is 17.8 Å². The molecular formula is C32H37N7O2. The van der Waals surface area contributed by atoms with Gasteiger partial charge in [-0.15, -0.1) is 6.58 Å². The molecule has 4 aromatic rings. The molecule has 1 atom stereocenters. The first-order chi connectivity index (χ1) is 19.9. The molecule has 212 valence electrons. The van der Waals surface area contributed by atoms with E-state index in [0.717, 1.165) is 62.4 Å². The SMILES string of the molecule is C=CCn1c(=O)c2cnc(Nc3ccc(N4CCN(C)CC4)cc3)nc2n1-c1ccc2c(c1)C(O)(CC)C1(CC1)C2. The molecule has 9 heteroatoms. The Morgan fingerprint density at radius 3 is 2.49 bits per heavy atom. The molecule has 2 aromatic carbocycles. The lowest BCUT2D eigenvalue weighted by Gasteiger charge is -2.34. The topological polar surface area (TPSA) is 91.5 Å². The van der Waals surface area contributed by atoms with Gasteiger partial charge >= 0.3 is 0 Å². The van der Waals surface area contributed by atoms with Crippen LogP contribution in [0, 0.1) is 5.41 Å². The number of fused-ring (bicyclic) bond motifs is 2. The van der Waals surface area contributed by atoms with Crippen molar-refractivity contribution in [3.05, 3.63) is 82.8 Å². The van der Waals surface area contributed by atoms with Crippen LogP contribution in [-0.4, -0.2) is 62.6 Å². The number of likely N-dealkylation sites (N-methyl/N-ethyl adjacent to an activating group) is 1. The maximum atomic E-state index is 13.5. The number of hydrogen-bond acceptors (Lipinski definition) is 7. The highest BCUT2D eigenvalue weighted by Crippen LogP contribution is 2.66. The molecule has 7 rings (SSSR count). The monoisotopic (exact) mass is 551 g/mol. The van der Waals surface area contributed by atoms with E-state index in [0.29, 0.717) is 29.9 Å². The zero-order chi connectivity index (χ0) is 28.4. The molecule has 2 fully saturated rings. The van der Waals surface area contributed by atoms with E-state index in [9.17, 15) is 9.90 Å². The predicted octanol–water partition coefficient (Wildman–Crippen LogP) is 4.20. The van der Waals surface area contributed by atoms with Crippen LogP contribution in [0.3, 0.4) is 0 Å². The van der Waals surface area contributed by atoms with Crippen molar-refractivity contribution in [1.29, 1.82) is 0 Å². The Balaban J connectivity index is 1.25. The molecule has 0 radical (unpaired) electrons. The minimum Gasteiger partial charge on any atom is -0.385 e. The molecule has 0 amide bonds. The zero-order valence-corrected chi connectivity index (χ0v) is 23.8. The fourth-order valence-corrected chi connectivity index (χ4v) is 6.93. The molecule has 1 aliphatic heterocycles. The molecule has 1 saturated heterocycles. The highest BCUT2D eigenvalue weighted by molar-refractivity contribution is 5.77. The van der Waals surface area contributed by atoms with Gasteiger partial charge in [0.2, 0.25) is 5.95 Å². The molecule has 1 unspecified atom stereocenters. The summed E-state index contributed by atoms with van der Waals surface area (Å²) >= 11 is 0. The fraction of sp³-hybridized carbons (Fsp3) is 0.406. The van der Waals surface area contributed by atoms with Crippen molar-refractivity contribution < 1.29 is 5.11 Å². The summed E-state index contributed by atoms with van der Waals surface area (Å²) in [6.45, 7) is 10.4. The summed E-state index contributed by atoms with van der Waals surface area (Å²) in [6, 6.07) is 14.5. The standard InChI is InChI=1S/C32H37N7O2/c1-4-14-38-29(40)26-21-33-30(34-23-7-10-24(11-8-23)37-17-15-36(3)16-18-37)35-28(26)39(38)25-9-6-22-20-31(12-13-31)32(41,5-2)27(22)19-25/h4,6-11,19,21,41H,1,5,12-18,20H2,2-3H3,(H,33,34,35). The maximum absolute atomic E-state index is 13.5. The summed E-state index contributed by atoms with van der Waals surface area (Å²) in [5, 5.41) is 15.6. The van der Waals surface area contributed by atoms with Gasteiger partial charge in [0.25, 0.3) is 5.56 Å². The van der Waals surface area contributed by atoms with Crippen molar-refractivity contribution in [2.75, 3.05) is 43.4 Å². The van der Waals surface area contributed by atoms with Gasteiger partial charge in [0, 0.05) is 49.2 Å². The van der Waals surface area contributed by atoms with Crippen LogP contribution in [0.25, 0.3) is 16.7 Å². The second kappa shape index (κ2) is 9.56. The van der Waals surface area contributed by atoms with Crippen molar-refractivity contribution in [1.82, 2.24) is 24.2 Å². The molecule has 9 nitrogen and oxygen atoms in total. The molecule has 41 heavy (non-hydrogen) atoms. The van der Waals surface area contributed by atoms with Crippen LogP contribution in [0.15, 0.2) is 66.1 Å². The minimum absolute atomic E-state index is 0.0403. The molecule has 0 bridgehead atoms. The molecule has 1 saturated carbocycles. The summed E-state index contributed by atoms with van der Waals surface area (Å²) in [5.74, 6) is 0.414. The molecule has 2 N–H and O–H groups in total. The molecule has 3 heterocycles. The Labute approximate surface area is 239 Å². The van der Waals surface area contributed by atoms with Gasteiger partial charge in [-0.25, -0.2) is 14.3 Å². The molecule has 1 spiro atoms. The van der Waals surface area contributed by atoms with Crippen LogP contribution in [0.4, 0.5) is 17.3 Å². The first-order valence-electron chi connectivity index (χ1n) is 14.6. The largest absolute Gasteiger partial charge is 0.385 e. The van der Waals surface area contributed by atoms with Gasteiger partial charge in [0.15, 0.2) is 5.65 Å². The van der Waals surface area contributed by atoms with Crippen LogP contribution in [0.2, 0.25) is 0 Å². The van der Waals surface area contributed by atoms with Crippen molar-refractivity contribution in [2.24, 2.45) is 5.41 Å². The number of nitrogens with one attached hydrogen (secondary N) is 1. The number of hydrogen-bond donors (Lipinski definition) is 2. The third-order valence-corrected chi connectivity index (χ3v) is 9.52. The Hall–Kier alpha value is -3.95. The van der Waals surface area contributed by atoms with Crippen LogP contribution >= 0.6 is 0 Å². The molecule has 2 aromatic heterocycles. The van der Waals surface area contributed by atoms with Gasteiger partial charge < -0.3 is 20.2 Å². The van der Waals surface area contributed by atoms with Crippen LogP contribution < -0.4 is 15.8 Å². The number of piperazine rings is 1. The second-order valence-electron chi connectivity index (χ2n) is 11.9. The lowest BCUT2D eigenvalue weighted by Crippen LogP contribution is -2.44. The van der Waals surface area contributed by atoms with Gasteiger partial charge in [-0.3, -0.25) is 4.79 Å². The van der Waals surface area contributed by atoms with Crippen LogP contribution in [0.5, 0.6) is 0 Å². The Morgan fingerprint density at radius 2 is 1.80 bits per heavy atom. The van der Waals surface area contributed by atoms with Gasteiger partial charge in [-0.2, -0.15) is 4.98 Å². The summed E-state index contributed by atoms with van der Waals surface area (Å²) in [5.41, 5.74) is 4.50. The van der Waals surface area contributed by atoms with Crippen molar-refractivity contribution in [3.8, 4) is 5.69 Å². The molecule has 2 aliphatic carbocycles. The van der Waals surface area contributed by atoms with E-state index in [2.05, 4.69) is 64.9 Å².